The standard InChI is InChI=1S/C11H22N2O2/c1-15-9-11(14)13(8-7-12)10-5-3-2-4-6-10/h10H,2-9,12H2,1H3. The van der Waals surface area contributed by atoms with Gasteiger partial charge in [0.25, 0.3) is 0 Å². The summed E-state index contributed by atoms with van der Waals surface area (Å²) in [5.41, 5.74) is 5.54. The van der Waals surface area contributed by atoms with Gasteiger partial charge in [0.05, 0.1) is 0 Å². The fourth-order valence-electron chi connectivity index (χ4n) is 2.25. The average molecular weight is 214 g/mol. The van der Waals surface area contributed by atoms with E-state index < -0.39 is 0 Å². The molecule has 1 fully saturated rings. The Hall–Kier alpha value is -0.610. The van der Waals surface area contributed by atoms with Crippen LogP contribution in [0.3, 0.4) is 0 Å². The van der Waals surface area contributed by atoms with Crippen LogP contribution in [-0.4, -0.2) is 43.7 Å². The minimum atomic E-state index is 0.0786. The number of rotatable bonds is 5. The minimum Gasteiger partial charge on any atom is -0.375 e. The van der Waals surface area contributed by atoms with Gasteiger partial charge in [-0.2, -0.15) is 0 Å². The van der Waals surface area contributed by atoms with Crippen LogP contribution < -0.4 is 5.73 Å². The van der Waals surface area contributed by atoms with Gasteiger partial charge in [0.1, 0.15) is 6.61 Å². The smallest absolute Gasteiger partial charge is 0.248 e. The van der Waals surface area contributed by atoms with Gasteiger partial charge in [-0.05, 0) is 12.8 Å². The normalized spacial score (nSPS) is 17.7. The summed E-state index contributed by atoms with van der Waals surface area (Å²) in [5.74, 6) is 0.0786. The fraction of sp³-hybridized carbons (Fsp3) is 0.909. The second-order valence-electron chi connectivity index (χ2n) is 4.10. The Labute approximate surface area is 91.8 Å². The van der Waals surface area contributed by atoms with Crippen molar-refractivity contribution in [1.29, 1.82) is 0 Å². The summed E-state index contributed by atoms with van der Waals surface area (Å²) in [7, 11) is 1.55. The second kappa shape index (κ2) is 6.80. The number of ether oxygens (including phenoxy) is 1. The van der Waals surface area contributed by atoms with Crippen LogP contribution in [0.1, 0.15) is 32.1 Å². The van der Waals surface area contributed by atoms with Crippen LogP contribution in [0.2, 0.25) is 0 Å². The minimum absolute atomic E-state index is 0.0786. The average Bonchev–Trinajstić information content (AvgIpc) is 2.27. The van der Waals surface area contributed by atoms with Gasteiger partial charge >= 0.3 is 0 Å². The Morgan fingerprint density at radius 3 is 2.60 bits per heavy atom. The number of carbonyl (C=O) groups excluding carboxylic acids is 1. The lowest BCUT2D eigenvalue weighted by atomic mass is 9.94. The van der Waals surface area contributed by atoms with Crippen LogP contribution in [0.5, 0.6) is 0 Å². The molecular weight excluding hydrogens is 192 g/mol. The summed E-state index contributed by atoms with van der Waals surface area (Å²) < 4.78 is 4.89. The SMILES string of the molecule is COCC(=O)N(CCN)C1CCCCC1. The molecular formula is C11H22N2O2. The molecule has 0 aromatic carbocycles. The van der Waals surface area contributed by atoms with Gasteiger partial charge in [-0.15, -0.1) is 0 Å². The van der Waals surface area contributed by atoms with Crippen molar-refractivity contribution in [1.82, 2.24) is 4.90 Å². The maximum Gasteiger partial charge on any atom is 0.248 e. The van der Waals surface area contributed by atoms with E-state index >= 15 is 0 Å². The molecule has 1 amide bonds. The largest absolute Gasteiger partial charge is 0.375 e. The summed E-state index contributed by atoms with van der Waals surface area (Å²) in [6.07, 6.45) is 5.99. The highest BCUT2D eigenvalue weighted by molar-refractivity contribution is 5.77. The first-order valence-corrected chi connectivity index (χ1v) is 5.78. The van der Waals surface area contributed by atoms with Gasteiger partial charge in [-0.1, -0.05) is 19.3 Å². The maximum absolute atomic E-state index is 11.8. The van der Waals surface area contributed by atoms with E-state index in [0.29, 0.717) is 19.1 Å². The van der Waals surface area contributed by atoms with Crippen molar-refractivity contribution in [3.8, 4) is 0 Å². The lowest BCUT2D eigenvalue weighted by molar-refractivity contribution is -0.138. The summed E-state index contributed by atoms with van der Waals surface area (Å²) in [4.78, 5) is 13.7. The van der Waals surface area contributed by atoms with Crippen molar-refractivity contribution in [2.75, 3.05) is 26.8 Å². The monoisotopic (exact) mass is 214 g/mol. The van der Waals surface area contributed by atoms with Crippen molar-refractivity contribution in [3.63, 3.8) is 0 Å². The van der Waals surface area contributed by atoms with E-state index in [1.54, 1.807) is 7.11 Å². The Morgan fingerprint density at radius 2 is 2.07 bits per heavy atom. The Balaban J connectivity index is 2.50. The molecule has 0 saturated heterocycles. The molecule has 0 radical (unpaired) electrons. The quantitative estimate of drug-likeness (QED) is 0.735. The molecule has 0 heterocycles. The van der Waals surface area contributed by atoms with E-state index in [1.165, 1.54) is 19.3 Å². The van der Waals surface area contributed by atoms with Crippen molar-refractivity contribution >= 4 is 5.91 Å². The van der Waals surface area contributed by atoms with E-state index in [1.807, 2.05) is 4.90 Å². The molecule has 88 valence electrons. The highest BCUT2D eigenvalue weighted by Crippen LogP contribution is 2.22. The van der Waals surface area contributed by atoms with Crippen LogP contribution in [0.15, 0.2) is 0 Å². The van der Waals surface area contributed by atoms with Crippen molar-refractivity contribution in [2.24, 2.45) is 5.73 Å². The molecule has 1 saturated carbocycles. The van der Waals surface area contributed by atoms with Crippen LogP contribution in [0.25, 0.3) is 0 Å². The summed E-state index contributed by atoms with van der Waals surface area (Å²) in [5, 5.41) is 0. The van der Waals surface area contributed by atoms with Gasteiger partial charge < -0.3 is 15.4 Å². The van der Waals surface area contributed by atoms with E-state index in [-0.39, 0.29) is 12.5 Å². The van der Waals surface area contributed by atoms with Gasteiger partial charge in [-0.3, -0.25) is 4.79 Å². The number of hydrogen-bond donors (Lipinski definition) is 1. The van der Waals surface area contributed by atoms with E-state index in [0.717, 1.165) is 12.8 Å². The van der Waals surface area contributed by atoms with Crippen LogP contribution >= 0.6 is 0 Å². The summed E-state index contributed by atoms with van der Waals surface area (Å²) in [6.45, 7) is 1.37. The maximum atomic E-state index is 11.8. The number of nitrogens with zero attached hydrogens (tertiary/aromatic N) is 1. The Kier molecular flexibility index (Phi) is 5.65. The molecule has 1 aliphatic rings. The zero-order valence-electron chi connectivity index (χ0n) is 9.58. The number of hydrogen-bond acceptors (Lipinski definition) is 3. The molecule has 0 aromatic rings. The van der Waals surface area contributed by atoms with Crippen molar-refractivity contribution < 1.29 is 9.53 Å². The zero-order valence-corrected chi connectivity index (χ0v) is 9.58. The predicted octanol–water partition coefficient (Wildman–Crippen LogP) is 0.753. The van der Waals surface area contributed by atoms with Crippen LogP contribution in [-0.2, 0) is 9.53 Å². The molecule has 0 unspecified atom stereocenters. The molecule has 4 nitrogen and oxygen atoms in total. The lowest BCUT2D eigenvalue weighted by Crippen LogP contribution is -2.45. The Bertz CT molecular complexity index is 191. The highest BCUT2D eigenvalue weighted by atomic mass is 16.5. The topological polar surface area (TPSA) is 55.6 Å². The number of methoxy groups -OCH3 is 1. The molecule has 1 aliphatic carbocycles. The third kappa shape index (κ3) is 3.80. The van der Waals surface area contributed by atoms with E-state index in [2.05, 4.69) is 0 Å². The van der Waals surface area contributed by atoms with Gasteiger partial charge in [0.2, 0.25) is 5.91 Å². The molecule has 0 aromatic heterocycles. The summed E-state index contributed by atoms with van der Waals surface area (Å²) >= 11 is 0. The third-order valence-corrected chi connectivity index (χ3v) is 2.97. The first kappa shape index (κ1) is 12.5. The number of amides is 1. The van der Waals surface area contributed by atoms with Gasteiger partial charge in [-0.25, -0.2) is 0 Å². The van der Waals surface area contributed by atoms with Crippen molar-refractivity contribution in [3.05, 3.63) is 0 Å². The van der Waals surface area contributed by atoms with Gasteiger partial charge in [0.15, 0.2) is 0 Å². The highest BCUT2D eigenvalue weighted by Gasteiger charge is 2.24. The third-order valence-electron chi connectivity index (χ3n) is 2.97. The van der Waals surface area contributed by atoms with Crippen molar-refractivity contribution in [2.45, 2.75) is 38.1 Å². The molecule has 0 atom stereocenters. The molecule has 4 heteroatoms. The van der Waals surface area contributed by atoms with E-state index in [4.69, 9.17) is 10.5 Å². The van der Waals surface area contributed by atoms with Crippen LogP contribution in [0.4, 0.5) is 0 Å². The zero-order chi connectivity index (χ0) is 11.1. The van der Waals surface area contributed by atoms with E-state index in [9.17, 15) is 4.79 Å². The lowest BCUT2D eigenvalue weighted by Gasteiger charge is -2.34. The second-order valence-corrected chi connectivity index (χ2v) is 4.10. The number of carbonyl (C=O) groups is 1. The first-order chi connectivity index (χ1) is 7.29. The Morgan fingerprint density at radius 1 is 1.40 bits per heavy atom. The molecule has 0 spiro atoms. The number of nitrogens with two attached hydrogens (primary N) is 1. The molecule has 15 heavy (non-hydrogen) atoms. The predicted molar refractivity (Wildman–Crippen MR) is 59.5 cm³/mol. The molecule has 2 N–H and O–H groups in total. The molecule has 0 bridgehead atoms. The van der Waals surface area contributed by atoms with Crippen LogP contribution in [0, 0.1) is 0 Å². The molecule has 1 rings (SSSR count). The molecule has 0 aliphatic heterocycles. The first-order valence-electron chi connectivity index (χ1n) is 5.78. The fourth-order valence-corrected chi connectivity index (χ4v) is 2.25. The summed E-state index contributed by atoms with van der Waals surface area (Å²) in [6, 6.07) is 0.393. The van der Waals surface area contributed by atoms with Gasteiger partial charge in [0, 0.05) is 26.2 Å².